The first-order valence-electron chi connectivity index (χ1n) is 15.6. The number of carboxylic acid groups (broad SMARTS) is 1. The third-order valence-corrected chi connectivity index (χ3v) is 2.65. The Hall–Kier alpha value is -1.84. The summed E-state index contributed by atoms with van der Waals surface area (Å²) in [6.45, 7) is 2.17. The maximum atomic E-state index is 13.5. The number of benzene rings is 1. The van der Waals surface area contributed by atoms with Crippen molar-refractivity contribution in [1.82, 2.24) is 5.32 Å². The van der Waals surface area contributed by atoms with Crippen LogP contribution in [-0.4, -0.2) is 23.0 Å². The zero-order valence-corrected chi connectivity index (χ0v) is 12.3. The van der Waals surface area contributed by atoms with Crippen LogP contribution < -0.4 is 5.32 Å². The second-order valence-electron chi connectivity index (χ2n) is 4.70. The first-order valence-corrected chi connectivity index (χ1v) is 6.58. The molecule has 1 atom stereocenters. The summed E-state index contributed by atoms with van der Waals surface area (Å²) < 4.78 is 148. The molecule has 4 heteroatoms. The van der Waals surface area contributed by atoms with Crippen LogP contribution in [0.15, 0.2) is 30.2 Å². The van der Waals surface area contributed by atoms with Crippen LogP contribution in [0.4, 0.5) is 0 Å². The molecule has 0 saturated heterocycles. The molecule has 2 N–H and O–H groups in total. The molecule has 1 saturated carbocycles. The molecule has 2 rings (SSSR count). The van der Waals surface area contributed by atoms with Crippen molar-refractivity contribution >= 4 is 11.9 Å². The second kappa shape index (κ2) is 8.14. The van der Waals surface area contributed by atoms with Crippen molar-refractivity contribution in [2.75, 3.05) is 0 Å². The zero-order chi connectivity index (χ0) is 32.9. The molecule has 1 aliphatic carbocycles. The Balaban J connectivity index is 2.92. The van der Waals surface area contributed by atoms with E-state index < -0.39 is 103 Å². The first kappa shape index (κ1) is 5.33. The molecule has 0 aliphatic heterocycles. The molecule has 23 heavy (non-hydrogen) atoms. The van der Waals surface area contributed by atoms with Crippen molar-refractivity contribution in [1.29, 1.82) is 0 Å². The Bertz CT molecular complexity index is 1240. The number of hydrogen-bond donors (Lipinski definition) is 2. The van der Waals surface area contributed by atoms with Gasteiger partial charge in [-0.1, -0.05) is 44.1 Å². The fourth-order valence-electron chi connectivity index (χ4n) is 1.48. The SMILES string of the molecule is [2H]c1c([2H])c([2H])c(C([2H])([2H])[C@]([2H])(NC(=O)C2([2H])C([2H])([2H])C([2H])([2H])C([2H])(C(C)C)C([2H])([2H])C2([2H])[2H])C(=O)O)c([2H])c1[2H]. The number of carbonyl (C=O) groups excluding carboxylic acids is 1. The van der Waals surface area contributed by atoms with Crippen LogP contribution in [0.1, 0.15) is 69.6 Å². The van der Waals surface area contributed by atoms with E-state index in [-0.39, 0.29) is 0 Å². The Labute approximate surface area is 163 Å². The Morgan fingerprint density at radius 1 is 1.39 bits per heavy atom. The summed E-state index contributed by atoms with van der Waals surface area (Å²) in [5.41, 5.74) is -1.44. The van der Waals surface area contributed by atoms with E-state index in [0.717, 1.165) is 19.2 Å². The van der Waals surface area contributed by atoms with Gasteiger partial charge in [-0.2, -0.15) is 0 Å². The molecule has 0 heterocycles. The molecule has 0 radical (unpaired) electrons. The highest BCUT2D eigenvalue weighted by molar-refractivity contribution is 5.85. The van der Waals surface area contributed by atoms with E-state index in [4.69, 9.17) is 24.7 Å². The zero-order valence-electron chi connectivity index (χ0n) is 30.3. The lowest BCUT2D eigenvalue weighted by Gasteiger charge is -2.30. The predicted molar refractivity (Wildman–Crippen MR) is 90.0 cm³/mol. The average molecular weight is 336 g/mol. The molecule has 4 nitrogen and oxygen atoms in total. The topological polar surface area (TPSA) is 66.4 Å². The van der Waals surface area contributed by atoms with Crippen molar-refractivity contribution in [3.63, 3.8) is 0 Å². The highest BCUT2D eigenvalue weighted by Gasteiger charge is 2.30. The van der Waals surface area contributed by atoms with Gasteiger partial charge >= 0.3 is 5.97 Å². The van der Waals surface area contributed by atoms with Crippen LogP contribution in [0.3, 0.4) is 0 Å². The highest BCUT2D eigenvalue weighted by Crippen LogP contribution is 2.33. The van der Waals surface area contributed by atoms with Crippen LogP contribution in [0.5, 0.6) is 0 Å². The van der Waals surface area contributed by atoms with Crippen LogP contribution >= 0.6 is 0 Å². The molecule has 0 aromatic heterocycles. The summed E-state index contributed by atoms with van der Waals surface area (Å²) in [7, 11) is 0. The van der Waals surface area contributed by atoms with Gasteiger partial charge in [0.2, 0.25) is 5.91 Å². The first-order chi connectivity index (χ1) is 17.9. The monoisotopic (exact) mass is 335 g/mol. The second-order valence-corrected chi connectivity index (χ2v) is 4.70. The van der Waals surface area contributed by atoms with Gasteiger partial charge in [-0.3, -0.25) is 4.79 Å². The van der Waals surface area contributed by atoms with E-state index in [0.29, 0.717) is 0 Å². The molecule has 0 spiro atoms. The minimum atomic E-state index is -4.33. The lowest BCUT2D eigenvalue weighted by molar-refractivity contribution is -0.142. The van der Waals surface area contributed by atoms with Gasteiger partial charge in [0.1, 0.15) is 6.02 Å². The molecule has 1 aromatic rings. The highest BCUT2D eigenvalue weighted by atomic mass is 16.4. The summed E-state index contributed by atoms with van der Waals surface area (Å²) in [5, 5.41) is 11.0. The smallest absolute Gasteiger partial charge is 0.326 e. The third-order valence-electron chi connectivity index (χ3n) is 2.65. The van der Waals surface area contributed by atoms with Crippen molar-refractivity contribution < 1.29 is 39.4 Å². The Morgan fingerprint density at radius 2 is 2.00 bits per heavy atom. The Morgan fingerprint density at radius 3 is 2.52 bits per heavy atom. The quantitative estimate of drug-likeness (QED) is 0.838. The van der Waals surface area contributed by atoms with Gasteiger partial charge in [-0.15, -0.1) is 0 Å². The molecule has 126 valence electrons. The largest absolute Gasteiger partial charge is 0.480 e. The van der Waals surface area contributed by atoms with Gasteiger partial charge in [-0.05, 0) is 42.9 Å². The maximum absolute atomic E-state index is 13.5. The Kier molecular flexibility index (Phi) is 1.89. The molecule has 1 amide bonds. The molecule has 1 aliphatic rings. The fraction of sp³-hybridized carbons (Fsp3) is 0.579. The number of rotatable bonds is 6. The lowest BCUT2D eigenvalue weighted by atomic mass is 9.76. The molecule has 0 bridgehead atoms. The molecular formula is C19H27NO3. The van der Waals surface area contributed by atoms with Crippen molar-refractivity contribution in [2.45, 2.75) is 51.7 Å². The van der Waals surface area contributed by atoms with E-state index >= 15 is 0 Å². The van der Waals surface area contributed by atoms with E-state index in [9.17, 15) is 14.7 Å². The maximum Gasteiger partial charge on any atom is 0.326 e. The number of amides is 1. The summed E-state index contributed by atoms with van der Waals surface area (Å²) in [4.78, 5) is 25.8. The summed E-state index contributed by atoms with van der Waals surface area (Å²) >= 11 is 0. The normalized spacial score (nSPS) is 51.1. The molecule has 1 aromatic carbocycles. The summed E-state index contributed by atoms with van der Waals surface area (Å²) in [5.74, 6) is -14.2. The number of nitrogens with one attached hydrogen (secondary N) is 1. The average Bonchev–Trinajstić information content (AvgIpc) is 2.83. The van der Waals surface area contributed by atoms with Crippen LogP contribution in [-0.2, 0) is 16.0 Å². The number of carbonyl (C=O) groups is 2. The van der Waals surface area contributed by atoms with Gasteiger partial charge in [0.05, 0.1) is 8.22 Å². The number of carboxylic acids is 1. The van der Waals surface area contributed by atoms with Crippen LogP contribution in [0, 0.1) is 17.7 Å². The van der Waals surface area contributed by atoms with Gasteiger partial charge in [0.15, 0.2) is 0 Å². The third kappa shape index (κ3) is 5.08. The van der Waals surface area contributed by atoms with Crippen LogP contribution in [0.2, 0.25) is 0 Å². The standard InChI is InChI=1S/C19H27NO3/c1-13(2)15-8-10-16(11-9-15)18(21)20-17(19(22)23)12-14-6-4-3-5-7-14/h3-7,13,15-17H,8-12H2,1-2H3,(H,20,21)(H,22,23)/t15?,16?,17-/m0/s1/i3D,4D,5D,6D,7D,8D2,9D2,10D2,11D2,12D2,15D,16D,17D. The number of hydrogen-bond acceptors (Lipinski definition) is 2. The van der Waals surface area contributed by atoms with Crippen molar-refractivity contribution in [3.8, 4) is 0 Å². The minimum Gasteiger partial charge on any atom is -0.480 e. The number of aliphatic carboxylic acids is 1. The minimum absolute atomic E-state index is 1.02. The molecular weight excluding hydrogens is 290 g/mol. The van der Waals surface area contributed by atoms with Crippen LogP contribution in [0.25, 0.3) is 0 Å². The molecule has 1 fully saturated rings. The predicted octanol–water partition coefficient (Wildman–Crippen LogP) is 3.26. The van der Waals surface area contributed by atoms with E-state index in [2.05, 4.69) is 0 Å². The van der Waals surface area contributed by atoms with Gasteiger partial charge < -0.3 is 10.4 Å². The van der Waals surface area contributed by atoms with Gasteiger partial charge in [0, 0.05) is 28.7 Å². The molecule has 0 unspecified atom stereocenters. The lowest BCUT2D eigenvalue weighted by Crippen LogP contribution is -2.45. The van der Waals surface area contributed by atoms with Gasteiger partial charge in [-0.25, -0.2) is 4.79 Å². The van der Waals surface area contributed by atoms with E-state index in [1.807, 2.05) is 0 Å². The van der Waals surface area contributed by atoms with Crippen molar-refractivity contribution in [2.24, 2.45) is 17.7 Å². The van der Waals surface area contributed by atoms with E-state index in [1.54, 1.807) is 0 Å². The summed E-state index contributed by atoms with van der Waals surface area (Å²) in [6, 6.07) is -10.1. The fourth-order valence-corrected chi connectivity index (χ4v) is 1.48. The van der Waals surface area contributed by atoms with E-state index in [1.165, 1.54) is 0 Å². The summed E-state index contributed by atoms with van der Waals surface area (Å²) in [6.07, 6.45) is -20.0. The van der Waals surface area contributed by atoms with Gasteiger partial charge in [0.25, 0.3) is 0 Å². The van der Waals surface area contributed by atoms with Crippen molar-refractivity contribution in [3.05, 3.63) is 35.8 Å².